The van der Waals surface area contributed by atoms with E-state index in [2.05, 4.69) is 46.5 Å². The van der Waals surface area contributed by atoms with E-state index >= 15 is 0 Å². The van der Waals surface area contributed by atoms with Crippen LogP contribution in [-0.2, 0) is 0 Å². The van der Waals surface area contributed by atoms with E-state index in [1.165, 1.54) is 19.3 Å². The fraction of sp³-hybridized carbons (Fsp3) is 0.964. The standard InChI is InChI=1S/C28H50F3N7/c1-16(2)23-17(3)7-6-8-20(23)24-33-13-21-26(35-24)38(27(32)37(21)5)14-18-9-11-19(12-10-18)25-34-22(15-36(25)4)28(29,30)31/h16-26,32-35H,6-15H2,1-5H3. The van der Waals surface area contributed by atoms with Crippen molar-refractivity contribution in [3.8, 4) is 0 Å². The number of rotatable bonds is 5. The number of alkyl halides is 3. The Morgan fingerprint density at radius 1 is 1.00 bits per heavy atom. The van der Waals surface area contributed by atoms with E-state index in [1.807, 2.05) is 19.0 Å². The van der Waals surface area contributed by atoms with Crippen molar-refractivity contribution in [2.45, 2.75) is 102 Å². The van der Waals surface area contributed by atoms with Crippen molar-refractivity contribution in [1.82, 2.24) is 30.7 Å². The lowest BCUT2D eigenvalue weighted by Crippen LogP contribution is -2.67. The van der Waals surface area contributed by atoms with E-state index in [4.69, 9.17) is 5.41 Å². The minimum Gasteiger partial charge on any atom is -0.338 e. The van der Waals surface area contributed by atoms with Gasteiger partial charge in [0.25, 0.3) is 0 Å². The van der Waals surface area contributed by atoms with Crippen LogP contribution in [0.3, 0.4) is 0 Å². The Balaban J connectivity index is 1.20. The maximum atomic E-state index is 13.3. The molecular weight excluding hydrogens is 491 g/mol. The molecule has 0 amide bonds. The number of nitrogens with one attached hydrogen (secondary N) is 4. The van der Waals surface area contributed by atoms with E-state index in [0.29, 0.717) is 29.6 Å². The predicted octanol–water partition coefficient (Wildman–Crippen LogP) is 3.69. The van der Waals surface area contributed by atoms with Gasteiger partial charge in [-0.3, -0.25) is 26.3 Å². The maximum Gasteiger partial charge on any atom is 0.405 e. The SMILES string of the molecule is CC(C)C1C(C)CCCC1C1NCC2C(N1)N(CC1CCC(C3NC(C(F)(F)F)CN3C)CC1)C(=N)N2C. The van der Waals surface area contributed by atoms with Gasteiger partial charge < -0.3 is 9.80 Å². The molecular formula is C28H50F3N7. The van der Waals surface area contributed by atoms with Crippen molar-refractivity contribution in [2.75, 3.05) is 33.7 Å². The molecule has 218 valence electrons. The lowest BCUT2D eigenvalue weighted by atomic mass is 9.66. The Morgan fingerprint density at radius 3 is 2.34 bits per heavy atom. The van der Waals surface area contributed by atoms with Crippen LogP contribution >= 0.6 is 0 Å². The van der Waals surface area contributed by atoms with Crippen LogP contribution in [0.15, 0.2) is 0 Å². The highest BCUT2D eigenvalue weighted by molar-refractivity contribution is 5.80. The zero-order chi connectivity index (χ0) is 27.4. The number of halogens is 3. The molecule has 0 aromatic rings. The Bertz CT molecular complexity index is 830. The van der Waals surface area contributed by atoms with Crippen LogP contribution in [0.1, 0.15) is 65.7 Å². The Morgan fingerprint density at radius 2 is 1.71 bits per heavy atom. The van der Waals surface area contributed by atoms with Crippen LogP contribution in [0.2, 0.25) is 0 Å². The molecule has 4 N–H and O–H groups in total. The van der Waals surface area contributed by atoms with Crippen LogP contribution < -0.4 is 16.0 Å². The molecule has 3 aliphatic heterocycles. The lowest BCUT2D eigenvalue weighted by Gasteiger charge is -2.48. The molecule has 5 fully saturated rings. The van der Waals surface area contributed by atoms with Crippen LogP contribution in [0.25, 0.3) is 0 Å². The fourth-order valence-corrected chi connectivity index (χ4v) is 8.80. The van der Waals surface area contributed by atoms with Crippen LogP contribution in [0.4, 0.5) is 13.2 Å². The molecule has 38 heavy (non-hydrogen) atoms. The first-order valence-electron chi connectivity index (χ1n) is 15.1. The summed E-state index contributed by atoms with van der Waals surface area (Å²) in [5.41, 5.74) is 0. The molecule has 3 heterocycles. The van der Waals surface area contributed by atoms with Crippen LogP contribution in [0.5, 0.6) is 0 Å². The molecule has 2 saturated carbocycles. The summed E-state index contributed by atoms with van der Waals surface area (Å²) in [4.78, 5) is 6.26. The highest BCUT2D eigenvalue weighted by Crippen LogP contribution is 2.42. The first kappa shape index (κ1) is 28.4. The number of hydrogen-bond acceptors (Lipinski definition) is 5. The summed E-state index contributed by atoms with van der Waals surface area (Å²) in [6.45, 7) is 8.94. The van der Waals surface area contributed by atoms with Crippen molar-refractivity contribution < 1.29 is 13.2 Å². The molecule has 3 saturated heterocycles. The predicted molar refractivity (Wildman–Crippen MR) is 144 cm³/mol. The van der Waals surface area contributed by atoms with E-state index < -0.39 is 12.2 Å². The van der Waals surface area contributed by atoms with Crippen LogP contribution in [0, 0.1) is 40.9 Å². The Labute approximate surface area is 227 Å². The van der Waals surface area contributed by atoms with Gasteiger partial charge in [0.1, 0.15) is 12.2 Å². The number of guanidine groups is 1. The van der Waals surface area contributed by atoms with Gasteiger partial charge in [-0.05, 0) is 74.7 Å². The summed E-state index contributed by atoms with van der Waals surface area (Å²) in [6.07, 6.45) is 3.79. The van der Waals surface area contributed by atoms with Crippen LogP contribution in [-0.4, -0.2) is 91.1 Å². The monoisotopic (exact) mass is 541 g/mol. The third kappa shape index (κ3) is 5.44. The Kier molecular flexibility index (Phi) is 8.27. The molecule has 5 rings (SSSR count). The summed E-state index contributed by atoms with van der Waals surface area (Å²) in [5.74, 6) is 4.02. The molecule has 0 radical (unpaired) electrons. The number of hydrogen-bond donors (Lipinski definition) is 4. The minimum atomic E-state index is -4.19. The topological polar surface area (TPSA) is 69.7 Å². The zero-order valence-electron chi connectivity index (χ0n) is 23.9. The fourth-order valence-electron chi connectivity index (χ4n) is 8.80. The second-order valence-corrected chi connectivity index (χ2v) is 13.5. The van der Waals surface area contributed by atoms with Gasteiger partial charge in [-0.15, -0.1) is 0 Å². The summed E-state index contributed by atoms with van der Waals surface area (Å²) in [7, 11) is 3.85. The van der Waals surface area contributed by atoms with Gasteiger partial charge in [-0.2, -0.15) is 13.2 Å². The molecule has 2 aliphatic carbocycles. The average Bonchev–Trinajstić information content (AvgIpc) is 3.37. The van der Waals surface area contributed by atoms with Gasteiger partial charge in [0.15, 0.2) is 5.96 Å². The van der Waals surface area contributed by atoms with E-state index in [-0.39, 0.29) is 37.0 Å². The average molecular weight is 542 g/mol. The second kappa shape index (κ2) is 11.1. The maximum absolute atomic E-state index is 13.3. The molecule has 7 nitrogen and oxygen atoms in total. The molecule has 10 heteroatoms. The molecule has 0 bridgehead atoms. The number of nitrogens with zero attached hydrogens (tertiary/aromatic N) is 3. The van der Waals surface area contributed by atoms with Crippen molar-refractivity contribution in [2.24, 2.45) is 35.5 Å². The highest BCUT2D eigenvalue weighted by Gasteiger charge is 2.50. The van der Waals surface area contributed by atoms with Gasteiger partial charge >= 0.3 is 6.18 Å². The third-order valence-electron chi connectivity index (χ3n) is 10.8. The van der Waals surface area contributed by atoms with Crippen molar-refractivity contribution in [3.63, 3.8) is 0 Å². The van der Waals surface area contributed by atoms with E-state index in [0.717, 1.165) is 44.7 Å². The van der Waals surface area contributed by atoms with Gasteiger partial charge in [0.2, 0.25) is 0 Å². The first-order chi connectivity index (χ1) is 18.0. The van der Waals surface area contributed by atoms with Crippen molar-refractivity contribution in [3.05, 3.63) is 0 Å². The quantitative estimate of drug-likeness (QED) is 0.426. The van der Waals surface area contributed by atoms with E-state index in [1.54, 1.807) is 0 Å². The van der Waals surface area contributed by atoms with Gasteiger partial charge in [-0.25, -0.2) is 0 Å². The summed E-state index contributed by atoms with van der Waals surface area (Å²) < 4.78 is 39.8. The smallest absolute Gasteiger partial charge is 0.338 e. The molecule has 0 aromatic carbocycles. The summed E-state index contributed by atoms with van der Waals surface area (Å²) >= 11 is 0. The normalized spacial score (nSPS) is 43.2. The van der Waals surface area contributed by atoms with Gasteiger partial charge in [-0.1, -0.05) is 33.6 Å². The van der Waals surface area contributed by atoms with Gasteiger partial charge in [0, 0.05) is 26.7 Å². The summed E-state index contributed by atoms with van der Waals surface area (Å²) in [5, 5.41) is 19.6. The van der Waals surface area contributed by atoms with E-state index in [9.17, 15) is 13.2 Å². The second-order valence-electron chi connectivity index (χ2n) is 13.5. The molecule has 8 unspecified atom stereocenters. The Hall–Kier alpha value is -1.10. The largest absolute Gasteiger partial charge is 0.405 e. The minimum absolute atomic E-state index is 0.0345. The molecule has 5 aliphatic rings. The molecule has 0 aromatic heterocycles. The highest BCUT2D eigenvalue weighted by atomic mass is 19.4. The lowest BCUT2D eigenvalue weighted by molar-refractivity contribution is -0.150. The third-order valence-corrected chi connectivity index (χ3v) is 10.8. The molecule has 8 atom stereocenters. The number of fused-ring (bicyclic) bond motifs is 1. The first-order valence-corrected chi connectivity index (χ1v) is 15.1. The van der Waals surface area contributed by atoms with Gasteiger partial charge in [0.05, 0.1) is 18.4 Å². The molecule has 0 spiro atoms. The van der Waals surface area contributed by atoms with Crippen molar-refractivity contribution in [1.29, 1.82) is 5.41 Å². The van der Waals surface area contributed by atoms with Crippen molar-refractivity contribution >= 4 is 5.96 Å². The summed E-state index contributed by atoms with van der Waals surface area (Å²) in [6, 6.07) is -1.18. The number of likely N-dealkylation sites (N-methyl/N-ethyl adjacent to an activating group) is 2. The zero-order valence-corrected chi connectivity index (χ0v) is 23.9.